The predicted molar refractivity (Wildman–Crippen MR) is 110 cm³/mol. The van der Waals surface area contributed by atoms with Crippen molar-refractivity contribution in [2.75, 3.05) is 0 Å². The van der Waals surface area contributed by atoms with Crippen LogP contribution in [0.15, 0.2) is 65.5 Å². The lowest BCUT2D eigenvalue weighted by Gasteiger charge is -2.18. The number of thioether (sulfide) groups is 1. The number of allylic oxidation sites excluding steroid dienone is 3. The largest absolute Gasteiger partial charge is 0.488 e. The molecule has 0 saturated heterocycles. The molecule has 1 aromatic carbocycles. The summed E-state index contributed by atoms with van der Waals surface area (Å²) >= 11 is 7.66. The van der Waals surface area contributed by atoms with Gasteiger partial charge in [-0.05, 0) is 29.2 Å². The van der Waals surface area contributed by atoms with Crippen LogP contribution in [0.5, 0.6) is 0 Å². The molecule has 1 heterocycles. The first-order chi connectivity index (χ1) is 13.4. The molecular weight excluding hydrogens is 402 g/mol. The third-order valence-electron chi connectivity index (χ3n) is 4.19. The summed E-state index contributed by atoms with van der Waals surface area (Å²) in [6.45, 7) is 0. The summed E-state index contributed by atoms with van der Waals surface area (Å²) in [5.74, 6) is 0.461. The smallest absolute Gasteiger partial charge is 0.423 e. The third kappa shape index (κ3) is 5.36. The first-order valence-corrected chi connectivity index (χ1v) is 9.99. The monoisotopic (exact) mass is 420 g/mol. The van der Waals surface area contributed by atoms with Gasteiger partial charge in [-0.1, -0.05) is 41.9 Å². The Morgan fingerprint density at radius 2 is 2.14 bits per heavy atom. The minimum atomic E-state index is -1.54. The molecule has 0 aliphatic heterocycles. The van der Waals surface area contributed by atoms with Crippen LogP contribution < -0.4 is 10.8 Å². The molecule has 0 spiro atoms. The van der Waals surface area contributed by atoms with Crippen molar-refractivity contribution < 1.29 is 19.5 Å². The Morgan fingerprint density at radius 3 is 2.82 bits per heavy atom. The SMILES string of the molecule is OB(O)c1ccccc1CSc1ncc(C(O)NC2=CCC(F)C=C2)cc1Cl. The molecule has 2 aromatic rings. The van der Waals surface area contributed by atoms with E-state index in [1.807, 2.05) is 12.1 Å². The van der Waals surface area contributed by atoms with Gasteiger partial charge in [0.05, 0.1) is 5.02 Å². The standard InChI is InChI=1S/C19H19BClFN2O3S/c21-17-9-13(18(25)24-15-7-5-14(22)6-8-15)10-23-19(17)28-11-12-3-1-2-4-16(12)20(26)27/h1-5,7-10,14,18,24-27H,6,11H2. The highest BCUT2D eigenvalue weighted by Crippen LogP contribution is 2.29. The summed E-state index contributed by atoms with van der Waals surface area (Å²) in [6.07, 6.45) is 4.47. The van der Waals surface area contributed by atoms with Crippen LogP contribution in [0.4, 0.5) is 4.39 Å². The van der Waals surface area contributed by atoms with Crippen LogP contribution in [0.2, 0.25) is 5.02 Å². The van der Waals surface area contributed by atoms with Crippen LogP contribution in [0.25, 0.3) is 0 Å². The molecule has 0 fully saturated rings. The summed E-state index contributed by atoms with van der Waals surface area (Å²) in [7, 11) is -1.54. The number of benzene rings is 1. The van der Waals surface area contributed by atoms with Gasteiger partial charge < -0.3 is 20.5 Å². The van der Waals surface area contributed by atoms with E-state index in [9.17, 15) is 19.5 Å². The van der Waals surface area contributed by atoms with Gasteiger partial charge in [0.15, 0.2) is 6.23 Å². The highest BCUT2D eigenvalue weighted by molar-refractivity contribution is 7.98. The lowest BCUT2D eigenvalue weighted by molar-refractivity contribution is 0.152. The normalized spacial score (nSPS) is 17.2. The molecule has 1 aliphatic rings. The number of alkyl halides is 1. The van der Waals surface area contributed by atoms with E-state index in [-0.39, 0.29) is 6.42 Å². The van der Waals surface area contributed by atoms with E-state index >= 15 is 0 Å². The molecule has 9 heteroatoms. The number of nitrogens with one attached hydrogen (secondary N) is 1. The van der Waals surface area contributed by atoms with Crippen LogP contribution in [0, 0.1) is 0 Å². The minimum Gasteiger partial charge on any atom is -0.423 e. The number of rotatable bonds is 7. The first-order valence-electron chi connectivity index (χ1n) is 8.63. The van der Waals surface area contributed by atoms with E-state index in [1.54, 1.807) is 30.4 Å². The Labute approximate surface area is 172 Å². The van der Waals surface area contributed by atoms with Crippen LogP contribution in [0.3, 0.4) is 0 Å². The fourth-order valence-corrected chi connectivity index (χ4v) is 3.92. The fourth-order valence-electron chi connectivity index (χ4n) is 2.70. The van der Waals surface area contributed by atoms with Gasteiger partial charge in [-0.25, -0.2) is 9.37 Å². The molecule has 5 nitrogen and oxygen atoms in total. The van der Waals surface area contributed by atoms with Crippen molar-refractivity contribution in [1.82, 2.24) is 10.3 Å². The number of nitrogens with zero attached hydrogens (tertiary/aromatic N) is 1. The second-order valence-corrected chi connectivity index (χ2v) is 7.61. The van der Waals surface area contributed by atoms with Crippen LogP contribution in [0.1, 0.15) is 23.8 Å². The summed E-state index contributed by atoms with van der Waals surface area (Å²) in [5, 5.41) is 33.0. The Morgan fingerprint density at radius 1 is 1.36 bits per heavy atom. The van der Waals surface area contributed by atoms with Gasteiger partial charge in [0.2, 0.25) is 0 Å². The van der Waals surface area contributed by atoms with Crippen LogP contribution >= 0.6 is 23.4 Å². The van der Waals surface area contributed by atoms with Crippen molar-refractivity contribution in [3.05, 3.63) is 76.6 Å². The van der Waals surface area contributed by atoms with Crippen molar-refractivity contribution >= 4 is 35.9 Å². The lowest BCUT2D eigenvalue weighted by Crippen LogP contribution is -2.32. The van der Waals surface area contributed by atoms with Crippen molar-refractivity contribution in [2.45, 2.75) is 29.6 Å². The average molecular weight is 421 g/mol. The van der Waals surface area contributed by atoms with Gasteiger partial charge in [-0.3, -0.25) is 0 Å². The molecule has 28 heavy (non-hydrogen) atoms. The molecule has 0 amide bonds. The number of aliphatic hydroxyl groups excluding tert-OH is 1. The maximum atomic E-state index is 13.1. The summed E-state index contributed by atoms with van der Waals surface area (Å²) in [5.41, 5.74) is 2.33. The zero-order valence-corrected chi connectivity index (χ0v) is 16.4. The molecule has 0 bridgehead atoms. The number of hydrogen-bond donors (Lipinski definition) is 4. The topological polar surface area (TPSA) is 85.6 Å². The van der Waals surface area contributed by atoms with Crippen molar-refractivity contribution in [3.8, 4) is 0 Å². The van der Waals surface area contributed by atoms with Gasteiger partial charge >= 0.3 is 7.12 Å². The van der Waals surface area contributed by atoms with Crippen LogP contribution in [-0.2, 0) is 5.75 Å². The van der Waals surface area contributed by atoms with Gasteiger partial charge in [-0.15, -0.1) is 11.8 Å². The molecule has 2 atom stereocenters. The number of aliphatic hydroxyl groups is 1. The van der Waals surface area contributed by atoms with E-state index in [4.69, 9.17) is 11.6 Å². The van der Waals surface area contributed by atoms with E-state index in [0.29, 0.717) is 32.5 Å². The fraction of sp³-hybridized carbons (Fsp3) is 0.211. The number of halogens is 2. The lowest BCUT2D eigenvalue weighted by atomic mass is 9.77. The van der Waals surface area contributed by atoms with Gasteiger partial charge in [0.25, 0.3) is 0 Å². The van der Waals surface area contributed by atoms with Gasteiger partial charge in [0.1, 0.15) is 11.2 Å². The second kappa shape index (κ2) is 9.58. The van der Waals surface area contributed by atoms with E-state index in [0.717, 1.165) is 5.56 Å². The minimum absolute atomic E-state index is 0.268. The molecular formula is C19H19BClFN2O3S. The third-order valence-corrected chi connectivity index (χ3v) is 5.65. The van der Waals surface area contributed by atoms with Gasteiger partial charge in [-0.2, -0.15) is 0 Å². The molecule has 0 saturated carbocycles. The van der Waals surface area contributed by atoms with E-state index in [2.05, 4.69) is 10.3 Å². The highest BCUT2D eigenvalue weighted by Gasteiger charge is 2.17. The quantitative estimate of drug-likeness (QED) is 0.313. The molecule has 1 aromatic heterocycles. The second-order valence-electron chi connectivity index (χ2n) is 6.23. The molecule has 0 radical (unpaired) electrons. The van der Waals surface area contributed by atoms with Crippen molar-refractivity contribution in [2.24, 2.45) is 0 Å². The van der Waals surface area contributed by atoms with Crippen molar-refractivity contribution in [3.63, 3.8) is 0 Å². The molecule has 146 valence electrons. The molecule has 1 aliphatic carbocycles. The van der Waals surface area contributed by atoms with Gasteiger partial charge in [0, 0.05) is 29.6 Å². The summed E-state index contributed by atoms with van der Waals surface area (Å²) < 4.78 is 13.1. The van der Waals surface area contributed by atoms with E-state index in [1.165, 1.54) is 24.0 Å². The number of pyridine rings is 1. The maximum Gasteiger partial charge on any atom is 0.488 e. The molecule has 4 N–H and O–H groups in total. The molecule has 3 rings (SSSR count). The zero-order chi connectivity index (χ0) is 20.1. The van der Waals surface area contributed by atoms with E-state index < -0.39 is 19.5 Å². The summed E-state index contributed by atoms with van der Waals surface area (Å²) in [6, 6.07) is 8.64. The Bertz CT molecular complexity index is 897. The average Bonchev–Trinajstić information content (AvgIpc) is 2.69. The first kappa shape index (κ1) is 20.9. The Kier molecular flexibility index (Phi) is 7.15. The van der Waals surface area contributed by atoms with Crippen LogP contribution in [-0.4, -0.2) is 33.4 Å². The Balaban J connectivity index is 1.65. The number of hydrogen-bond acceptors (Lipinski definition) is 6. The maximum absolute atomic E-state index is 13.1. The highest BCUT2D eigenvalue weighted by atomic mass is 35.5. The summed E-state index contributed by atoms with van der Waals surface area (Å²) in [4.78, 5) is 4.30. The number of aromatic nitrogens is 1. The Hall–Kier alpha value is -1.84. The predicted octanol–water partition coefficient (Wildman–Crippen LogP) is 2.47. The zero-order valence-electron chi connectivity index (χ0n) is 14.8. The molecule has 2 unspecified atom stereocenters. The van der Waals surface area contributed by atoms with Crippen molar-refractivity contribution in [1.29, 1.82) is 0 Å².